The molecular formula is C31H30O4. The number of epoxide rings is 2. The molecule has 2 saturated heterocycles. The van der Waals surface area contributed by atoms with Crippen LogP contribution in [0.15, 0.2) is 103 Å². The number of hydrogen-bond donors (Lipinski definition) is 1. The maximum absolute atomic E-state index is 10.5. The van der Waals surface area contributed by atoms with E-state index in [2.05, 4.69) is 54.6 Å². The van der Waals surface area contributed by atoms with E-state index < -0.39 is 0 Å². The van der Waals surface area contributed by atoms with Crippen LogP contribution in [-0.2, 0) is 20.6 Å². The predicted molar refractivity (Wildman–Crippen MR) is 139 cm³/mol. The van der Waals surface area contributed by atoms with Gasteiger partial charge in [-0.2, -0.15) is 0 Å². The van der Waals surface area contributed by atoms with Crippen molar-refractivity contribution in [1.82, 2.24) is 0 Å². The Balaban J connectivity index is 0.000000234. The first-order valence-electron chi connectivity index (χ1n) is 12.1. The van der Waals surface area contributed by atoms with Crippen LogP contribution in [0.3, 0.4) is 0 Å². The summed E-state index contributed by atoms with van der Waals surface area (Å²) < 4.78 is 15.1. The zero-order valence-corrected chi connectivity index (χ0v) is 19.7. The lowest BCUT2D eigenvalue weighted by Gasteiger charge is -2.13. The second kappa shape index (κ2) is 11.3. The smallest absolute Gasteiger partial charge is 0.124 e. The summed E-state index contributed by atoms with van der Waals surface area (Å²) in [5, 5.41) is 10.5. The molecule has 2 fully saturated rings. The number of phenolic OH excluding ortho intramolecular Hbond substituents is 1. The van der Waals surface area contributed by atoms with Gasteiger partial charge in [-0.05, 0) is 40.3 Å². The van der Waals surface area contributed by atoms with Gasteiger partial charge in [-0.3, -0.25) is 0 Å². The monoisotopic (exact) mass is 466 g/mol. The highest BCUT2D eigenvalue weighted by Crippen LogP contribution is 2.38. The standard InChI is InChI=1S/C25H20O.C6H10O3/c26-24-16-8-15-23(25(24)21-12-5-2-6-13-21)22-14-7-11-20(18-22)17-19-9-3-1-4-10-19;1(5-3-8-5)7-2-6-4-9-6/h1-16,18,26H,17H2;5-6H,1-4H2. The van der Waals surface area contributed by atoms with E-state index in [1.54, 1.807) is 6.07 Å². The fourth-order valence-electron chi connectivity index (χ4n) is 4.03. The first-order valence-corrected chi connectivity index (χ1v) is 12.1. The molecule has 178 valence electrons. The molecule has 35 heavy (non-hydrogen) atoms. The summed E-state index contributed by atoms with van der Waals surface area (Å²) in [7, 11) is 0. The third kappa shape index (κ3) is 6.80. The van der Waals surface area contributed by atoms with Crippen molar-refractivity contribution >= 4 is 0 Å². The van der Waals surface area contributed by atoms with Crippen molar-refractivity contribution in [3.05, 3.63) is 114 Å². The van der Waals surface area contributed by atoms with Crippen molar-refractivity contribution in [2.75, 3.05) is 26.4 Å². The number of rotatable bonds is 8. The van der Waals surface area contributed by atoms with Gasteiger partial charge in [0.25, 0.3) is 0 Å². The Morgan fingerprint density at radius 1 is 0.657 bits per heavy atom. The predicted octanol–water partition coefficient (Wildman–Crippen LogP) is 6.12. The fourth-order valence-corrected chi connectivity index (χ4v) is 4.03. The molecule has 2 aliphatic rings. The molecule has 2 unspecified atom stereocenters. The SMILES string of the molecule is C(OCC1CO1)C1CO1.Oc1cccc(-c2cccc(Cc3ccccc3)c2)c1-c1ccccc1. The van der Waals surface area contributed by atoms with Gasteiger partial charge in [-0.1, -0.05) is 97.1 Å². The molecule has 0 saturated carbocycles. The lowest BCUT2D eigenvalue weighted by atomic mass is 9.92. The zero-order valence-electron chi connectivity index (χ0n) is 19.7. The van der Waals surface area contributed by atoms with Crippen LogP contribution in [0.25, 0.3) is 22.3 Å². The van der Waals surface area contributed by atoms with Crippen LogP contribution < -0.4 is 0 Å². The first kappa shape index (κ1) is 23.3. The third-order valence-electron chi connectivity index (χ3n) is 6.01. The van der Waals surface area contributed by atoms with Crippen molar-refractivity contribution < 1.29 is 19.3 Å². The molecule has 0 radical (unpaired) electrons. The van der Waals surface area contributed by atoms with E-state index in [-0.39, 0.29) is 0 Å². The van der Waals surface area contributed by atoms with Gasteiger partial charge >= 0.3 is 0 Å². The largest absolute Gasteiger partial charge is 0.507 e. The van der Waals surface area contributed by atoms with Gasteiger partial charge in [0.1, 0.15) is 18.0 Å². The topological polar surface area (TPSA) is 54.5 Å². The number of ether oxygens (including phenoxy) is 3. The maximum atomic E-state index is 10.5. The summed E-state index contributed by atoms with van der Waals surface area (Å²) in [6.07, 6.45) is 1.68. The van der Waals surface area contributed by atoms with Crippen LogP contribution in [0.4, 0.5) is 0 Å². The lowest BCUT2D eigenvalue weighted by Crippen LogP contribution is -2.06. The Kier molecular flexibility index (Phi) is 7.54. The van der Waals surface area contributed by atoms with Crippen LogP contribution in [0.2, 0.25) is 0 Å². The van der Waals surface area contributed by atoms with Crippen molar-refractivity contribution in [2.45, 2.75) is 18.6 Å². The Bertz CT molecular complexity index is 1200. The highest BCUT2D eigenvalue weighted by atomic mass is 16.6. The molecule has 1 N–H and O–H groups in total. The van der Waals surface area contributed by atoms with Crippen molar-refractivity contribution in [3.8, 4) is 28.0 Å². The van der Waals surface area contributed by atoms with Crippen molar-refractivity contribution in [3.63, 3.8) is 0 Å². The van der Waals surface area contributed by atoms with Crippen molar-refractivity contribution in [1.29, 1.82) is 0 Å². The van der Waals surface area contributed by atoms with Crippen molar-refractivity contribution in [2.24, 2.45) is 0 Å². The van der Waals surface area contributed by atoms with E-state index in [4.69, 9.17) is 14.2 Å². The van der Waals surface area contributed by atoms with E-state index in [0.29, 0.717) is 18.0 Å². The summed E-state index contributed by atoms with van der Waals surface area (Å²) in [6.45, 7) is 3.26. The minimum atomic E-state index is 0.308. The fraction of sp³-hybridized carbons (Fsp3) is 0.226. The second-order valence-corrected chi connectivity index (χ2v) is 8.88. The van der Waals surface area contributed by atoms with Crippen LogP contribution in [0, 0.1) is 0 Å². The first-order chi connectivity index (χ1) is 17.3. The number of benzene rings is 4. The number of aromatic hydroxyl groups is 1. The van der Waals surface area contributed by atoms with Crippen LogP contribution in [0.5, 0.6) is 5.75 Å². The van der Waals surface area contributed by atoms with E-state index in [0.717, 1.165) is 55.1 Å². The lowest BCUT2D eigenvalue weighted by molar-refractivity contribution is 0.102. The van der Waals surface area contributed by atoms with E-state index in [1.807, 2.05) is 42.5 Å². The van der Waals surface area contributed by atoms with E-state index in [1.165, 1.54) is 11.1 Å². The molecule has 4 aromatic rings. The summed E-state index contributed by atoms with van der Waals surface area (Å²) in [4.78, 5) is 0. The van der Waals surface area contributed by atoms with Crippen LogP contribution in [0.1, 0.15) is 11.1 Å². The molecule has 0 amide bonds. The minimum absolute atomic E-state index is 0.308. The summed E-state index contributed by atoms with van der Waals surface area (Å²) >= 11 is 0. The molecular weight excluding hydrogens is 436 g/mol. The van der Waals surface area contributed by atoms with Gasteiger partial charge in [-0.15, -0.1) is 0 Å². The molecule has 4 aromatic carbocycles. The van der Waals surface area contributed by atoms with Gasteiger partial charge in [0.2, 0.25) is 0 Å². The maximum Gasteiger partial charge on any atom is 0.124 e. The summed E-state index contributed by atoms with van der Waals surface area (Å²) in [5.41, 5.74) is 6.62. The Morgan fingerprint density at radius 3 is 1.89 bits per heavy atom. The molecule has 2 heterocycles. The molecule has 0 bridgehead atoms. The molecule has 0 aliphatic carbocycles. The van der Waals surface area contributed by atoms with Gasteiger partial charge in [0.05, 0.1) is 26.4 Å². The molecule has 0 aromatic heterocycles. The minimum Gasteiger partial charge on any atom is -0.507 e. The molecule has 4 nitrogen and oxygen atoms in total. The number of phenols is 1. The average molecular weight is 467 g/mol. The average Bonchev–Trinajstić information content (AvgIpc) is 3.83. The van der Waals surface area contributed by atoms with Gasteiger partial charge in [-0.25, -0.2) is 0 Å². The number of hydrogen-bond acceptors (Lipinski definition) is 4. The quantitative estimate of drug-likeness (QED) is 0.318. The molecule has 4 heteroatoms. The Labute approximate surface area is 206 Å². The normalized spacial score (nSPS) is 17.8. The Hall–Kier alpha value is -3.44. The highest BCUT2D eigenvalue weighted by Gasteiger charge is 2.26. The van der Waals surface area contributed by atoms with Crippen LogP contribution >= 0.6 is 0 Å². The zero-order chi connectivity index (χ0) is 23.9. The Morgan fingerprint density at radius 2 is 1.23 bits per heavy atom. The van der Waals surface area contributed by atoms with Gasteiger partial charge in [0.15, 0.2) is 0 Å². The van der Waals surface area contributed by atoms with E-state index >= 15 is 0 Å². The van der Waals surface area contributed by atoms with Gasteiger partial charge < -0.3 is 19.3 Å². The highest BCUT2D eigenvalue weighted by molar-refractivity contribution is 5.87. The summed E-state index contributed by atoms with van der Waals surface area (Å²) in [5.74, 6) is 0.308. The second-order valence-electron chi connectivity index (χ2n) is 8.88. The van der Waals surface area contributed by atoms with Gasteiger partial charge in [0, 0.05) is 5.56 Å². The van der Waals surface area contributed by atoms with Crippen LogP contribution in [-0.4, -0.2) is 43.7 Å². The molecule has 6 rings (SSSR count). The molecule has 2 atom stereocenters. The molecule has 2 aliphatic heterocycles. The summed E-state index contributed by atoms with van der Waals surface area (Å²) in [6, 6.07) is 34.8. The van der Waals surface area contributed by atoms with E-state index in [9.17, 15) is 5.11 Å². The third-order valence-corrected chi connectivity index (χ3v) is 6.01. The molecule has 0 spiro atoms.